The van der Waals surface area contributed by atoms with Gasteiger partial charge < -0.3 is 20.7 Å². The molecule has 3 rings (SSSR count). The van der Waals surface area contributed by atoms with Crippen LogP contribution in [-0.2, 0) is 0 Å². The molecule has 0 unspecified atom stereocenters. The van der Waals surface area contributed by atoms with Gasteiger partial charge in [0.25, 0.3) is 5.91 Å². The first-order chi connectivity index (χ1) is 11.6. The van der Waals surface area contributed by atoms with E-state index in [9.17, 15) is 9.59 Å². The maximum Gasteiger partial charge on any atom is 0.319 e. The zero-order valence-electron chi connectivity index (χ0n) is 13.3. The fraction of sp³-hybridized carbons (Fsp3) is 0.222. The predicted octanol–water partition coefficient (Wildman–Crippen LogP) is 3.23. The summed E-state index contributed by atoms with van der Waals surface area (Å²) in [6, 6.07) is 14.0. The summed E-state index contributed by atoms with van der Waals surface area (Å²) < 4.78 is 5.07. The number of ether oxygens (including phenoxy) is 1. The Balaban J connectivity index is 1.56. The molecule has 0 spiro atoms. The van der Waals surface area contributed by atoms with Crippen LogP contribution in [0, 0.1) is 0 Å². The predicted molar refractivity (Wildman–Crippen MR) is 92.6 cm³/mol. The first-order valence-electron chi connectivity index (χ1n) is 7.77. The maximum atomic E-state index is 12.2. The Morgan fingerprint density at radius 2 is 1.50 bits per heavy atom. The Labute approximate surface area is 140 Å². The molecule has 0 aliphatic heterocycles. The molecule has 1 aliphatic carbocycles. The fourth-order valence-corrected chi connectivity index (χ4v) is 2.16. The molecule has 6 heteroatoms. The summed E-state index contributed by atoms with van der Waals surface area (Å²) in [5.74, 6) is 0.497. The molecule has 3 amide bonds. The van der Waals surface area contributed by atoms with E-state index in [4.69, 9.17) is 4.74 Å². The molecule has 0 saturated heterocycles. The van der Waals surface area contributed by atoms with E-state index in [1.807, 2.05) is 0 Å². The zero-order valence-corrected chi connectivity index (χ0v) is 13.3. The average Bonchev–Trinajstić information content (AvgIpc) is 3.40. The van der Waals surface area contributed by atoms with Gasteiger partial charge in [0, 0.05) is 23.0 Å². The van der Waals surface area contributed by atoms with Crippen molar-refractivity contribution in [3.63, 3.8) is 0 Å². The summed E-state index contributed by atoms with van der Waals surface area (Å²) >= 11 is 0. The van der Waals surface area contributed by atoms with Crippen LogP contribution in [0.2, 0.25) is 0 Å². The molecule has 2 aromatic carbocycles. The van der Waals surface area contributed by atoms with E-state index in [2.05, 4.69) is 16.0 Å². The van der Waals surface area contributed by atoms with Crippen LogP contribution in [0.15, 0.2) is 48.5 Å². The van der Waals surface area contributed by atoms with Gasteiger partial charge in [-0.3, -0.25) is 4.79 Å². The third-order valence-electron chi connectivity index (χ3n) is 3.67. The lowest BCUT2D eigenvalue weighted by molar-refractivity contribution is 0.102. The van der Waals surface area contributed by atoms with Crippen molar-refractivity contribution < 1.29 is 14.3 Å². The number of carbonyl (C=O) groups excluding carboxylic acids is 2. The molecule has 6 nitrogen and oxygen atoms in total. The molecule has 1 saturated carbocycles. The van der Waals surface area contributed by atoms with Gasteiger partial charge in [-0.1, -0.05) is 0 Å². The van der Waals surface area contributed by atoms with Gasteiger partial charge in [-0.05, 0) is 61.4 Å². The monoisotopic (exact) mass is 325 g/mol. The quantitative estimate of drug-likeness (QED) is 0.789. The Bertz CT molecular complexity index is 722. The van der Waals surface area contributed by atoms with Crippen LogP contribution >= 0.6 is 0 Å². The van der Waals surface area contributed by atoms with Crippen molar-refractivity contribution in [1.82, 2.24) is 5.32 Å². The molecule has 0 radical (unpaired) electrons. The number of benzene rings is 2. The summed E-state index contributed by atoms with van der Waals surface area (Å²) in [6.45, 7) is 0. The standard InChI is InChI=1S/C18H19N3O3/c1-24-16-10-2-12(3-11-16)17(22)19-13-4-6-14(7-5-13)20-18(23)21-15-8-9-15/h2-7,10-11,15H,8-9H2,1H3,(H,19,22)(H2,20,21,23). The molecular formula is C18H19N3O3. The van der Waals surface area contributed by atoms with Crippen LogP contribution < -0.4 is 20.7 Å². The highest BCUT2D eigenvalue weighted by Gasteiger charge is 2.23. The lowest BCUT2D eigenvalue weighted by Crippen LogP contribution is -2.30. The smallest absolute Gasteiger partial charge is 0.319 e. The molecule has 0 aromatic heterocycles. The van der Waals surface area contributed by atoms with Crippen LogP contribution in [-0.4, -0.2) is 25.1 Å². The molecule has 0 atom stereocenters. The summed E-state index contributed by atoms with van der Waals surface area (Å²) in [5.41, 5.74) is 1.88. The number of anilines is 2. The first-order valence-corrected chi connectivity index (χ1v) is 7.77. The molecule has 24 heavy (non-hydrogen) atoms. The van der Waals surface area contributed by atoms with E-state index in [1.165, 1.54) is 0 Å². The highest BCUT2D eigenvalue weighted by Crippen LogP contribution is 2.19. The number of methoxy groups -OCH3 is 1. The third-order valence-corrected chi connectivity index (χ3v) is 3.67. The Morgan fingerprint density at radius 1 is 0.917 bits per heavy atom. The van der Waals surface area contributed by atoms with Gasteiger partial charge in [-0.25, -0.2) is 4.79 Å². The fourth-order valence-electron chi connectivity index (χ4n) is 2.16. The normalized spacial score (nSPS) is 13.0. The van der Waals surface area contributed by atoms with Crippen LogP contribution in [0.5, 0.6) is 5.75 Å². The number of hydrogen-bond acceptors (Lipinski definition) is 3. The number of urea groups is 1. The van der Waals surface area contributed by atoms with Crippen molar-refractivity contribution >= 4 is 23.3 Å². The molecule has 2 aromatic rings. The summed E-state index contributed by atoms with van der Waals surface area (Å²) in [4.78, 5) is 23.8. The Hall–Kier alpha value is -3.02. The Kier molecular flexibility index (Phi) is 4.65. The second-order valence-corrected chi connectivity index (χ2v) is 5.63. The molecule has 1 aliphatic rings. The van der Waals surface area contributed by atoms with Gasteiger partial charge in [-0.2, -0.15) is 0 Å². The highest BCUT2D eigenvalue weighted by atomic mass is 16.5. The van der Waals surface area contributed by atoms with Crippen LogP contribution in [0.4, 0.5) is 16.2 Å². The number of carbonyl (C=O) groups is 2. The van der Waals surface area contributed by atoms with Crippen molar-refractivity contribution in [2.24, 2.45) is 0 Å². The first kappa shape index (κ1) is 15.9. The minimum atomic E-state index is -0.204. The molecular weight excluding hydrogens is 306 g/mol. The van der Waals surface area contributed by atoms with E-state index in [0.717, 1.165) is 12.8 Å². The highest BCUT2D eigenvalue weighted by molar-refractivity contribution is 6.04. The second-order valence-electron chi connectivity index (χ2n) is 5.63. The number of amides is 3. The van der Waals surface area contributed by atoms with Crippen molar-refractivity contribution in [3.05, 3.63) is 54.1 Å². The molecule has 3 N–H and O–H groups in total. The summed E-state index contributed by atoms with van der Waals surface area (Å²) in [6.07, 6.45) is 2.09. The molecule has 0 bridgehead atoms. The summed E-state index contributed by atoms with van der Waals surface area (Å²) in [5, 5.41) is 8.42. The number of rotatable bonds is 5. The van der Waals surface area contributed by atoms with E-state index < -0.39 is 0 Å². The largest absolute Gasteiger partial charge is 0.497 e. The van der Waals surface area contributed by atoms with Gasteiger partial charge in [0.2, 0.25) is 0 Å². The molecule has 1 fully saturated rings. The molecule has 0 heterocycles. The SMILES string of the molecule is COc1ccc(C(=O)Nc2ccc(NC(=O)NC3CC3)cc2)cc1. The van der Waals surface area contributed by atoms with E-state index in [-0.39, 0.29) is 11.9 Å². The van der Waals surface area contributed by atoms with Crippen LogP contribution in [0.3, 0.4) is 0 Å². The zero-order chi connectivity index (χ0) is 16.9. The van der Waals surface area contributed by atoms with Crippen molar-refractivity contribution in [1.29, 1.82) is 0 Å². The molecule has 124 valence electrons. The van der Waals surface area contributed by atoms with Crippen LogP contribution in [0.1, 0.15) is 23.2 Å². The topological polar surface area (TPSA) is 79.5 Å². The average molecular weight is 325 g/mol. The minimum Gasteiger partial charge on any atom is -0.497 e. The van der Waals surface area contributed by atoms with E-state index in [0.29, 0.717) is 28.7 Å². The van der Waals surface area contributed by atoms with E-state index in [1.54, 1.807) is 55.6 Å². The lowest BCUT2D eigenvalue weighted by Gasteiger charge is -2.09. The van der Waals surface area contributed by atoms with Gasteiger partial charge >= 0.3 is 6.03 Å². The van der Waals surface area contributed by atoms with Gasteiger partial charge in [0.15, 0.2) is 0 Å². The van der Waals surface area contributed by atoms with Gasteiger partial charge in [0.1, 0.15) is 5.75 Å². The second kappa shape index (κ2) is 7.04. The number of nitrogens with one attached hydrogen (secondary N) is 3. The Morgan fingerprint density at radius 3 is 2.04 bits per heavy atom. The van der Waals surface area contributed by atoms with Crippen molar-refractivity contribution in [2.45, 2.75) is 18.9 Å². The maximum absolute atomic E-state index is 12.2. The lowest BCUT2D eigenvalue weighted by atomic mass is 10.2. The van der Waals surface area contributed by atoms with Crippen molar-refractivity contribution in [3.8, 4) is 5.75 Å². The minimum absolute atomic E-state index is 0.201. The van der Waals surface area contributed by atoms with Crippen LogP contribution in [0.25, 0.3) is 0 Å². The number of hydrogen-bond donors (Lipinski definition) is 3. The van der Waals surface area contributed by atoms with Gasteiger partial charge in [0.05, 0.1) is 7.11 Å². The van der Waals surface area contributed by atoms with Crippen molar-refractivity contribution in [2.75, 3.05) is 17.7 Å². The summed E-state index contributed by atoms with van der Waals surface area (Å²) in [7, 11) is 1.58. The van der Waals surface area contributed by atoms with Gasteiger partial charge in [-0.15, -0.1) is 0 Å². The van der Waals surface area contributed by atoms with E-state index >= 15 is 0 Å². The third kappa shape index (κ3) is 4.25.